The van der Waals surface area contributed by atoms with E-state index in [1.165, 1.54) is 0 Å². The van der Waals surface area contributed by atoms with E-state index in [9.17, 15) is 9.59 Å². The number of nitrogens with zero attached hydrogens (tertiary/aromatic N) is 5. The summed E-state index contributed by atoms with van der Waals surface area (Å²) in [7, 11) is 0. The van der Waals surface area contributed by atoms with Crippen LogP contribution in [-0.2, 0) is 19.1 Å². The van der Waals surface area contributed by atoms with E-state index in [0.717, 1.165) is 56.2 Å². The Morgan fingerprint density at radius 1 is 0.854 bits per heavy atom. The van der Waals surface area contributed by atoms with E-state index in [0.29, 0.717) is 29.8 Å². The van der Waals surface area contributed by atoms with Crippen molar-refractivity contribution in [1.29, 1.82) is 0 Å². The predicted octanol–water partition coefficient (Wildman–Crippen LogP) is 5.11. The molecule has 0 saturated carbocycles. The van der Waals surface area contributed by atoms with Crippen molar-refractivity contribution < 1.29 is 19.1 Å². The zero-order chi connectivity index (χ0) is 30.6. The van der Waals surface area contributed by atoms with Gasteiger partial charge in [-0.3, -0.25) is 9.59 Å². The van der Waals surface area contributed by atoms with Crippen LogP contribution in [0.15, 0.2) is 24.3 Å². The molecule has 4 rings (SSSR count). The lowest BCUT2D eigenvalue weighted by Crippen LogP contribution is -2.26. The van der Waals surface area contributed by atoms with E-state index in [4.69, 9.17) is 21.1 Å². The lowest BCUT2D eigenvalue weighted by molar-refractivity contribution is -0.157. The number of ether oxygens (including phenoxy) is 2. The van der Waals surface area contributed by atoms with Crippen molar-refractivity contribution >= 4 is 29.4 Å². The lowest BCUT2D eigenvalue weighted by Gasteiger charge is -2.21. The number of carbonyl (C=O) groups excluding carboxylic acids is 2. The third-order valence-electron chi connectivity index (χ3n) is 6.07. The third-order valence-corrected chi connectivity index (χ3v) is 6.27. The van der Waals surface area contributed by atoms with Crippen LogP contribution < -0.4 is 10.2 Å². The molecule has 41 heavy (non-hydrogen) atoms. The fourth-order valence-corrected chi connectivity index (χ4v) is 4.38. The summed E-state index contributed by atoms with van der Waals surface area (Å²) in [5, 5.41) is 19.2. The minimum Gasteiger partial charge on any atom is -0.460 e. The van der Waals surface area contributed by atoms with Gasteiger partial charge in [-0.2, -0.15) is 10.2 Å². The molecular weight excluding hydrogens is 544 g/mol. The molecule has 2 aromatic heterocycles. The fraction of sp³-hybridized carbons (Fsp3) is 0.667. The van der Waals surface area contributed by atoms with Gasteiger partial charge in [0.05, 0.1) is 17.8 Å². The number of rotatable bonds is 5. The number of aryl methyl sites for hydroxylation is 2. The molecule has 10 nitrogen and oxygen atoms in total. The maximum Gasteiger partial charge on any atom is 0.306 e. The quantitative estimate of drug-likeness (QED) is 0.470. The first-order valence-corrected chi connectivity index (χ1v) is 14.6. The zero-order valence-electron chi connectivity index (χ0n) is 25.9. The molecule has 0 aliphatic carbocycles. The van der Waals surface area contributed by atoms with E-state index < -0.39 is 5.60 Å². The van der Waals surface area contributed by atoms with Crippen molar-refractivity contribution in [2.75, 3.05) is 31.1 Å². The summed E-state index contributed by atoms with van der Waals surface area (Å²) in [5.41, 5.74) is 1.05. The van der Waals surface area contributed by atoms with Crippen LogP contribution >= 0.6 is 11.6 Å². The van der Waals surface area contributed by atoms with Crippen molar-refractivity contribution in [1.82, 2.24) is 25.7 Å². The molecule has 2 aliphatic rings. The monoisotopic (exact) mass is 590 g/mol. The molecule has 2 saturated heterocycles. The number of halogens is 1. The molecule has 1 N–H and O–H groups in total. The number of anilines is 1. The summed E-state index contributed by atoms with van der Waals surface area (Å²) in [6.07, 6.45) is 3.13. The van der Waals surface area contributed by atoms with Crippen LogP contribution in [-0.4, -0.2) is 69.7 Å². The Morgan fingerprint density at radius 2 is 1.41 bits per heavy atom. The van der Waals surface area contributed by atoms with Crippen molar-refractivity contribution in [3.05, 3.63) is 40.8 Å². The fourth-order valence-electron chi connectivity index (χ4n) is 4.28. The van der Waals surface area contributed by atoms with E-state index in [-0.39, 0.29) is 17.5 Å². The predicted molar refractivity (Wildman–Crippen MR) is 161 cm³/mol. The third kappa shape index (κ3) is 15.1. The highest BCUT2D eigenvalue weighted by Gasteiger charge is 2.28. The van der Waals surface area contributed by atoms with Crippen molar-refractivity contribution in [2.24, 2.45) is 11.8 Å². The van der Waals surface area contributed by atoms with E-state index in [2.05, 4.69) is 30.6 Å². The van der Waals surface area contributed by atoms with Crippen LogP contribution in [0.3, 0.4) is 0 Å². The Morgan fingerprint density at radius 3 is 1.85 bits per heavy atom. The number of nitrogens with one attached hydrogen (secondary N) is 1. The van der Waals surface area contributed by atoms with Gasteiger partial charge in [0.1, 0.15) is 11.2 Å². The smallest absolute Gasteiger partial charge is 0.306 e. The number of hydrogen-bond acceptors (Lipinski definition) is 10. The van der Waals surface area contributed by atoms with Gasteiger partial charge in [-0.05, 0) is 117 Å². The maximum absolute atomic E-state index is 11.8. The van der Waals surface area contributed by atoms with Crippen molar-refractivity contribution in [2.45, 2.75) is 92.3 Å². The molecule has 0 bridgehead atoms. The largest absolute Gasteiger partial charge is 0.460 e. The van der Waals surface area contributed by atoms with Gasteiger partial charge in [0, 0.05) is 19.5 Å². The zero-order valence-corrected chi connectivity index (χ0v) is 26.6. The van der Waals surface area contributed by atoms with E-state index >= 15 is 0 Å². The Bertz CT molecular complexity index is 1060. The average molecular weight is 591 g/mol. The molecule has 2 aromatic rings. The Balaban J connectivity index is 0.000000239. The van der Waals surface area contributed by atoms with Crippen LogP contribution in [0.4, 0.5) is 5.82 Å². The summed E-state index contributed by atoms with van der Waals surface area (Å²) in [5.74, 6) is 1.53. The SMILES string of the molecule is CC(C)(C)OC(=O)C[C@@H]1CCNC1.Cc1ccc(Cl)nn1.Cc1ccc(N2CC[C@@H](CC(=O)OC(C)(C)C)C2)nn1. The van der Waals surface area contributed by atoms with Crippen LogP contribution in [0.25, 0.3) is 0 Å². The Labute approximate surface area is 249 Å². The van der Waals surface area contributed by atoms with Gasteiger partial charge in [0.25, 0.3) is 0 Å². The molecule has 2 atom stereocenters. The highest BCUT2D eigenvalue weighted by molar-refractivity contribution is 6.29. The van der Waals surface area contributed by atoms with Crippen LogP contribution in [0.1, 0.15) is 78.6 Å². The molecular formula is C30H47ClN6O4. The van der Waals surface area contributed by atoms with Crippen molar-refractivity contribution in [3.8, 4) is 0 Å². The van der Waals surface area contributed by atoms with Crippen molar-refractivity contribution in [3.63, 3.8) is 0 Å². The first-order valence-electron chi connectivity index (χ1n) is 14.2. The number of hydrogen-bond donors (Lipinski definition) is 1. The number of aromatic nitrogens is 4. The van der Waals surface area contributed by atoms with Gasteiger partial charge < -0.3 is 19.7 Å². The molecule has 0 unspecified atom stereocenters. The highest BCUT2D eigenvalue weighted by atomic mass is 35.5. The average Bonchev–Trinajstić information content (AvgIpc) is 3.52. The summed E-state index contributed by atoms with van der Waals surface area (Å²) < 4.78 is 10.6. The summed E-state index contributed by atoms with van der Waals surface area (Å²) >= 11 is 5.44. The molecule has 0 spiro atoms. The molecule has 2 fully saturated rings. The molecule has 0 amide bonds. The Kier molecular flexibility index (Phi) is 13.4. The minimum absolute atomic E-state index is 0.0683. The lowest BCUT2D eigenvalue weighted by atomic mass is 10.1. The first-order chi connectivity index (χ1) is 19.1. The van der Waals surface area contributed by atoms with Gasteiger partial charge in [0.15, 0.2) is 11.0 Å². The second kappa shape index (κ2) is 16.0. The maximum atomic E-state index is 11.8. The number of carbonyl (C=O) groups is 2. The van der Waals surface area contributed by atoms with Crippen LogP contribution in [0.2, 0.25) is 5.15 Å². The van der Waals surface area contributed by atoms with E-state index in [1.807, 2.05) is 73.6 Å². The second-order valence-electron chi connectivity index (χ2n) is 12.6. The Hall–Kier alpha value is -2.85. The van der Waals surface area contributed by atoms with Gasteiger partial charge >= 0.3 is 11.9 Å². The van der Waals surface area contributed by atoms with Crippen LogP contribution in [0.5, 0.6) is 0 Å². The molecule has 11 heteroatoms. The van der Waals surface area contributed by atoms with Gasteiger partial charge in [-0.25, -0.2) is 0 Å². The first kappa shape index (κ1) is 34.4. The van der Waals surface area contributed by atoms with Gasteiger partial charge in [-0.15, -0.1) is 10.2 Å². The second-order valence-corrected chi connectivity index (χ2v) is 13.0. The molecule has 0 radical (unpaired) electrons. The topological polar surface area (TPSA) is 119 Å². The van der Waals surface area contributed by atoms with Gasteiger partial charge in [-0.1, -0.05) is 11.6 Å². The summed E-state index contributed by atoms with van der Waals surface area (Å²) in [6.45, 7) is 18.9. The molecule has 0 aromatic carbocycles. The highest BCUT2D eigenvalue weighted by Crippen LogP contribution is 2.25. The van der Waals surface area contributed by atoms with Gasteiger partial charge in [0.2, 0.25) is 0 Å². The normalized spacial score (nSPS) is 18.5. The minimum atomic E-state index is -0.405. The molecule has 4 heterocycles. The summed E-state index contributed by atoms with van der Waals surface area (Å²) in [6, 6.07) is 7.47. The molecule has 2 aliphatic heterocycles. The molecule has 228 valence electrons. The standard InChI is InChI=1S/C15H23N3O2.C10H19NO2.C5H5ClN2/c1-11-5-6-13(17-16-11)18-8-7-12(10-18)9-14(19)20-15(2,3)4;1-10(2,3)13-9(12)6-8-4-5-11-7-8;1-4-2-3-5(6)8-7-4/h5-6,12H,7-10H2,1-4H3;8,11H,4-7H2,1-3H3;2-3H,1H3/t12-;8-;/m00./s1. The number of esters is 2. The van der Waals surface area contributed by atoms with Crippen LogP contribution in [0, 0.1) is 25.7 Å². The summed E-state index contributed by atoms with van der Waals surface area (Å²) in [4.78, 5) is 25.4. The van der Waals surface area contributed by atoms with E-state index in [1.54, 1.807) is 6.07 Å².